The summed E-state index contributed by atoms with van der Waals surface area (Å²) < 4.78 is 0. The molecule has 0 aromatic rings. The van der Waals surface area contributed by atoms with Crippen molar-refractivity contribution in [2.45, 2.75) is 38.6 Å². The van der Waals surface area contributed by atoms with Gasteiger partial charge in [0.15, 0.2) is 0 Å². The van der Waals surface area contributed by atoms with Crippen molar-refractivity contribution in [2.75, 3.05) is 27.2 Å². The van der Waals surface area contributed by atoms with Crippen LogP contribution in [0.2, 0.25) is 0 Å². The molecule has 2 nitrogen and oxygen atoms in total. The van der Waals surface area contributed by atoms with Crippen molar-refractivity contribution in [2.24, 2.45) is 5.92 Å². The number of hydrogen-bond donors (Lipinski definition) is 1. The fourth-order valence-corrected chi connectivity index (χ4v) is 2.43. The summed E-state index contributed by atoms with van der Waals surface area (Å²) in [7, 11) is 4.36. The number of rotatable bonds is 4. The molecule has 13 heavy (non-hydrogen) atoms. The van der Waals surface area contributed by atoms with E-state index in [-0.39, 0.29) is 0 Å². The summed E-state index contributed by atoms with van der Waals surface area (Å²) in [5.74, 6) is 0.878. The van der Waals surface area contributed by atoms with Gasteiger partial charge in [-0.3, -0.25) is 0 Å². The van der Waals surface area contributed by atoms with Crippen molar-refractivity contribution < 1.29 is 0 Å². The molecule has 78 valence electrons. The van der Waals surface area contributed by atoms with Crippen LogP contribution < -0.4 is 5.32 Å². The standard InChI is InChI=1S/C11H24N2/c1-4-12-11-8-6-5-7-10(11)9-13(2)3/h10-12H,4-9H2,1-3H3. The summed E-state index contributed by atoms with van der Waals surface area (Å²) in [5.41, 5.74) is 0. The Morgan fingerprint density at radius 1 is 1.23 bits per heavy atom. The average molecular weight is 184 g/mol. The summed E-state index contributed by atoms with van der Waals surface area (Å²) >= 11 is 0. The average Bonchev–Trinajstić information content (AvgIpc) is 2.08. The molecular weight excluding hydrogens is 160 g/mol. The van der Waals surface area contributed by atoms with Crippen molar-refractivity contribution in [3.05, 3.63) is 0 Å². The lowest BCUT2D eigenvalue weighted by molar-refractivity contribution is 0.209. The van der Waals surface area contributed by atoms with Gasteiger partial charge in [-0.05, 0) is 39.4 Å². The predicted octanol–water partition coefficient (Wildman–Crippen LogP) is 1.72. The molecule has 1 rings (SSSR count). The zero-order valence-corrected chi connectivity index (χ0v) is 9.34. The third-order valence-electron chi connectivity index (χ3n) is 2.98. The first-order valence-electron chi connectivity index (χ1n) is 5.62. The number of nitrogens with one attached hydrogen (secondary N) is 1. The van der Waals surface area contributed by atoms with Gasteiger partial charge in [0.25, 0.3) is 0 Å². The fourth-order valence-electron chi connectivity index (χ4n) is 2.43. The molecule has 0 aromatic carbocycles. The summed E-state index contributed by atoms with van der Waals surface area (Å²) in [5, 5.41) is 3.61. The molecule has 0 aromatic heterocycles. The van der Waals surface area contributed by atoms with Crippen LogP contribution in [-0.2, 0) is 0 Å². The van der Waals surface area contributed by atoms with Crippen molar-refractivity contribution in [1.82, 2.24) is 10.2 Å². The smallest absolute Gasteiger partial charge is 0.0107 e. The van der Waals surface area contributed by atoms with Gasteiger partial charge in [-0.2, -0.15) is 0 Å². The number of nitrogens with zero attached hydrogens (tertiary/aromatic N) is 1. The van der Waals surface area contributed by atoms with E-state index in [0.717, 1.165) is 18.5 Å². The van der Waals surface area contributed by atoms with E-state index in [4.69, 9.17) is 0 Å². The van der Waals surface area contributed by atoms with Crippen LogP contribution in [0.4, 0.5) is 0 Å². The molecule has 0 radical (unpaired) electrons. The highest BCUT2D eigenvalue weighted by Crippen LogP contribution is 2.24. The molecule has 0 bridgehead atoms. The van der Waals surface area contributed by atoms with E-state index in [0.29, 0.717) is 0 Å². The molecule has 1 aliphatic carbocycles. The van der Waals surface area contributed by atoms with Crippen LogP contribution in [0, 0.1) is 5.92 Å². The van der Waals surface area contributed by atoms with Crippen LogP contribution >= 0.6 is 0 Å². The maximum absolute atomic E-state index is 3.61. The maximum atomic E-state index is 3.61. The minimum atomic E-state index is 0.779. The fraction of sp³-hybridized carbons (Fsp3) is 1.00. The summed E-state index contributed by atoms with van der Waals surface area (Å²) in [6, 6.07) is 0.779. The van der Waals surface area contributed by atoms with Gasteiger partial charge in [-0.1, -0.05) is 19.8 Å². The summed E-state index contributed by atoms with van der Waals surface area (Å²) in [6.45, 7) is 4.58. The van der Waals surface area contributed by atoms with Crippen molar-refractivity contribution in [3.63, 3.8) is 0 Å². The van der Waals surface area contributed by atoms with Crippen LogP contribution in [0.15, 0.2) is 0 Å². The zero-order chi connectivity index (χ0) is 9.68. The largest absolute Gasteiger partial charge is 0.314 e. The second-order valence-electron chi connectivity index (χ2n) is 4.47. The maximum Gasteiger partial charge on any atom is 0.0107 e. The van der Waals surface area contributed by atoms with Crippen molar-refractivity contribution >= 4 is 0 Å². The second-order valence-corrected chi connectivity index (χ2v) is 4.47. The van der Waals surface area contributed by atoms with Gasteiger partial charge in [0.2, 0.25) is 0 Å². The summed E-state index contributed by atoms with van der Waals surface area (Å²) in [6.07, 6.45) is 5.64. The lowest BCUT2D eigenvalue weighted by atomic mass is 9.84. The van der Waals surface area contributed by atoms with E-state index in [2.05, 4.69) is 31.2 Å². The Bertz CT molecular complexity index is 132. The highest BCUT2D eigenvalue weighted by molar-refractivity contribution is 4.81. The Hall–Kier alpha value is -0.0800. The molecule has 2 unspecified atom stereocenters. The van der Waals surface area contributed by atoms with E-state index in [1.165, 1.54) is 32.2 Å². The molecule has 2 heteroatoms. The Morgan fingerprint density at radius 2 is 1.92 bits per heavy atom. The van der Waals surface area contributed by atoms with Gasteiger partial charge in [-0.15, -0.1) is 0 Å². The molecule has 0 heterocycles. The normalized spacial score (nSPS) is 29.5. The van der Waals surface area contributed by atoms with Gasteiger partial charge in [0, 0.05) is 12.6 Å². The molecule has 0 amide bonds. The molecular formula is C11H24N2. The van der Waals surface area contributed by atoms with E-state index in [1.54, 1.807) is 0 Å². The Kier molecular flexibility index (Phi) is 4.74. The van der Waals surface area contributed by atoms with E-state index in [9.17, 15) is 0 Å². The third kappa shape index (κ3) is 3.65. The first-order chi connectivity index (χ1) is 6.24. The van der Waals surface area contributed by atoms with Crippen LogP contribution in [-0.4, -0.2) is 38.1 Å². The molecule has 1 N–H and O–H groups in total. The molecule has 2 atom stereocenters. The summed E-state index contributed by atoms with van der Waals surface area (Å²) in [4.78, 5) is 2.32. The monoisotopic (exact) mass is 184 g/mol. The van der Waals surface area contributed by atoms with Crippen molar-refractivity contribution in [3.8, 4) is 0 Å². The minimum absolute atomic E-state index is 0.779. The second kappa shape index (κ2) is 5.61. The molecule has 0 spiro atoms. The third-order valence-corrected chi connectivity index (χ3v) is 2.98. The SMILES string of the molecule is CCNC1CCCCC1CN(C)C. The number of hydrogen-bond acceptors (Lipinski definition) is 2. The van der Waals surface area contributed by atoms with Gasteiger partial charge < -0.3 is 10.2 Å². The van der Waals surface area contributed by atoms with Crippen molar-refractivity contribution in [1.29, 1.82) is 0 Å². The van der Waals surface area contributed by atoms with Crippen LogP contribution in [0.1, 0.15) is 32.6 Å². The van der Waals surface area contributed by atoms with E-state index < -0.39 is 0 Å². The lowest BCUT2D eigenvalue weighted by Crippen LogP contribution is -2.42. The van der Waals surface area contributed by atoms with Crippen LogP contribution in [0.3, 0.4) is 0 Å². The molecule has 0 aliphatic heterocycles. The van der Waals surface area contributed by atoms with E-state index >= 15 is 0 Å². The first kappa shape index (κ1) is 11.0. The Morgan fingerprint density at radius 3 is 2.54 bits per heavy atom. The molecule has 0 saturated heterocycles. The zero-order valence-electron chi connectivity index (χ0n) is 9.34. The quantitative estimate of drug-likeness (QED) is 0.715. The van der Waals surface area contributed by atoms with Gasteiger partial charge >= 0.3 is 0 Å². The van der Waals surface area contributed by atoms with E-state index in [1.807, 2.05) is 0 Å². The van der Waals surface area contributed by atoms with Crippen LogP contribution in [0.25, 0.3) is 0 Å². The van der Waals surface area contributed by atoms with Gasteiger partial charge in [-0.25, -0.2) is 0 Å². The first-order valence-corrected chi connectivity index (χ1v) is 5.62. The Balaban J connectivity index is 2.36. The van der Waals surface area contributed by atoms with Gasteiger partial charge in [0.1, 0.15) is 0 Å². The highest BCUT2D eigenvalue weighted by atomic mass is 15.1. The topological polar surface area (TPSA) is 15.3 Å². The lowest BCUT2D eigenvalue weighted by Gasteiger charge is -2.33. The molecule has 1 saturated carbocycles. The minimum Gasteiger partial charge on any atom is -0.314 e. The van der Waals surface area contributed by atoms with Crippen LogP contribution in [0.5, 0.6) is 0 Å². The molecule has 1 aliphatic rings. The Labute approximate surface area is 82.7 Å². The molecule has 1 fully saturated rings. The predicted molar refractivity (Wildman–Crippen MR) is 58.0 cm³/mol. The highest BCUT2D eigenvalue weighted by Gasteiger charge is 2.24. The van der Waals surface area contributed by atoms with Gasteiger partial charge in [0.05, 0.1) is 0 Å².